The van der Waals surface area contributed by atoms with Crippen LogP contribution in [0.2, 0.25) is 0 Å². The predicted octanol–water partition coefficient (Wildman–Crippen LogP) is -3.19. The molecule has 5 amide bonds. The summed E-state index contributed by atoms with van der Waals surface area (Å²) in [5.41, 5.74) is 16.2. The second kappa shape index (κ2) is 15.5. The number of amides is 5. The van der Waals surface area contributed by atoms with Crippen molar-refractivity contribution in [2.45, 2.75) is 62.7 Å². The number of carbonyl (C=O) groups excluding carboxylic acids is 5. The molecule has 16 nitrogen and oxygen atoms in total. The molecule has 0 bridgehead atoms. The van der Waals surface area contributed by atoms with E-state index in [2.05, 4.69) is 16.0 Å². The maximum Gasteiger partial charge on any atom is 0.326 e. The van der Waals surface area contributed by atoms with Crippen molar-refractivity contribution in [1.82, 2.24) is 16.0 Å². The van der Waals surface area contributed by atoms with Crippen LogP contribution in [0, 0.1) is 0 Å². The van der Waals surface area contributed by atoms with Crippen molar-refractivity contribution < 1.29 is 48.9 Å². The Kier molecular flexibility index (Phi) is 12.8. The number of nitrogens with one attached hydrogen (secondary N) is 3. The van der Waals surface area contributed by atoms with Gasteiger partial charge in [0.1, 0.15) is 23.9 Å². The van der Waals surface area contributed by atoms with Crippen molar-refractivity contribution in [3.63, 3.8) is 0 Å². The van der Waals surface area contributed by atoms with Gasteiger partial charge in [-0.1, -0.05) is 12.1 Å². The molecule has 0 aliphatic rings. The molecular formula is C23H32N6O10. The second-order valence-electron chi connectivity index (χ2n) is 8.61. The molecule has 4 unspecified atom stereocenters. The molecule has 0 saturated carbocycles. The van der Waals surface area contributed by atoms with E-state index in [1.54, 1.807) is 0 Å². The van der Waals surface area contributed by atoms with Gasteiger partial charge in [-0.3, -0.25) is 28.8 Å². The van der Waals surface area contributed by atoms with Crippen molar-refractivity contribution >= 4 is 41.5 Å². The van der Waals surface area contributed by atoms with E-state index in [1.165, 1.54) is 24.3 Å². The summed E-state index contributed by atoms with van der Waals surface area (Å²) >= 11 is 0. The van der Waals surface area contributed by atoms with E-state index in [0.717, 1.165) is 0 Å². The fourth-order valence-corrected chi connectivity index (χ4v) is 3.27. The number of nitrogens with two attached hydrogens (primary N) is 3. The third-order valence-electron chi connectivity index (χ3n) is 5.35. The number of rotatable bonds is 17. The fourth-order valence-electron chi connectivity index (χ4n) is 3.27. The van der Waals surface area contributed by atoms with Gasteiger partial charge in [-0.05, 0) is 30.5 Å². The molecule has 39 heavy (non-hydrogen) atoms. The molecule has 1 rings (SSSR count). The first-order valence-corrected chi connectivity index (χ1v) is 11.6. The second-order valence-corrected chi connectivity index (χ2v) is 8.61. The predicted molar refractivity (Wildman–Crippen MR) is 132 cm³/mol. The number of carboxylic acids is 2. The van der Waals surface area contributed by atoms with E-state index in [1.807, 2.05) is 0 Å². The fraction of sp³-hybridized carbons (Fsp3) is 0.435. The Hall–Kier alpha value is -4.73. The molecular weight excluding hydrogens is 520 g/mol. The zero-order valence-electron chi connectivity index (χ0n) is 20.8. The number of aromatic hydroxyl groups is 1. The lowest BCUT2D eigenvalue weighted by atomic mass is 10.0. The average Bonchev–Trinajstić information content (AvgIpc) is 2.84. The molecule has 0 radical (unpaired) electrons. The van der Waals surface area contributed by atoms with Crippen molar-refractivity contribution in [3.8, 4) is 5.75 Å². The van der Waals surface area contributed by atoms with Gasteiger partial charge in [0, 0.05) is 19.3 Å². The van der Waals surface area contributed by atoms with Gasteiger partial charge in [0.2, 0.25) is 29.5 Å². The van der Waals surface area contributed by atoms with E-state index in [0.29, 0.717) is 5.56 Å². The summed E-state index contributed by atoms with van der Waals surface area (Å²) in [6.45, 7) is 0. The maximum absolute atomic E-state index is 13.1. The first-order chi connectivity index (χ1) is 18.2. The van der Waals surface area contributed by atoms with Crippen molar-refractivity contribution in [3.05, 3.63) is 29.8 Å². The highest BCUT2D eigenvalue weighted by Gasteiger charge is 2.31. The number of hydrogen-bond acceptors (Lipinski definition) is 9. The summed E-state index contributed by atoms with van der Waals surface area (Å²) in [6, 6.07) is -0.430. The van der Waals surface area contributed by atoms with Crippen LogP contribution in [0.4, 0.5) is 0 Å². The summed E-state index contributed by atoms with van der Waals surface area (Å²) in [4.78, 5) is 83.3. The molecule has 0 saturated heterocycles. The quantitative estimate of drug-likeness (QED) is 0.0927. The number of phenols is 1. The molecule has 0 heterocycles. The third-order valence-corrected chi connectivity index (χ3v) is 5.35. The number of carbonyl (C=O) groups is 7. The van der Waals surface area contributed by atoms with Gasteiger partial charge in [-0.2, -0.15) is 0 Å². The number of benzene rings is 1. The van der Waals surface area contributed by atoms with Gasteiger partial charge in [-0.15, -0.1) is 0 Å². The highest BCUT2D eigenvalue weighted by molar-refractivity contribution is 5.95. The average molecular weight is 553 g/mol. The first-order valence-electron chi connectivity index (χ1n) is 11.6. The molecule has 0 spiro atoms. The van der Waals surface area contributed by atoms with E-state index >= 15 is 0 Å². The minimum absolute atomic E-state index is 0.0830. The van der Waals surface area contributed by atoms with Crippen LogP contribution in [-0.4, -0.2) is 81.0 Å². The van der Waals surface area contributed by atoms with E-state index in [-0.39, 0.29) is 25.0 Å². The molecule has 0 aliphatic heterocycles. The molecule has 214 valence electrons. The Labute approximate surface area is 222 Å². The normalized spacial score (nSPS) is 13.7. The Bertz CT molecular complexity index is 1080. The number of aliphatic carboxylic acids is 2. The highest BCUT2D eigenvalue weighted by atomic mass is 16.4. The molecule has 0 fully saturated rings. The molecule has 12 N–H and O–H groups in total. The number of primary amides is 2. The van der Waals surface area contributed by atoms with Crippen LogP contribution in [0.25, 0.3) is 0 Å². The zero-order valence-corrected chi connectivity index (χ0v) is 20.8. The molecule has 0 aromatic heterocycles. The minimum atomic E-state index is -1.71. The topological polar surface area (TPSA) is 294 Å². The number of carboxylic acid groups (broad SMARTS) is 2. The van der Waals surface area contributed by atoms with Gasteiger partial charge in [0.05, 0.1) is 12.5 Å². The zero-order chi connectivity index (χ0) is 29.7. The standard InChI is InChI=1S/C23H32N6O10/c24-13(5-7-17(25)31)20(35)27-14(6-8-19(33)34)21(36)28-15(9-11-1-3-12(30)4-2-11)22(37)29-16(23(38)39)10-18(26)32/h1-4,13-16,30H,5-10,24H2,(H2,25,31)(H2,26,32)(H,27,35)(H,28,36)(H,29,37)(H,33,34)(H,38,39). The molecule has 16 heteroatoms. The summed E-state index contributed by atoms with van der Waals surface area (Å²) in [7, 11) is 0. The van der Waals surface area contributed by atoms with Gasteiger partial charge in [0.15, 0.2) is 0 Å². The lowest BCUT2D eigenvalue weighted by Crippen LogP contribution is -2.58. The van der Waals surface area contributed by atoms with Crippen LogP contribution in [0.3, 0.4) is 0 Å². The maximum atomic E-state index is 13.1. The van der Waals surface area contributed by atoms with Crippen LogP contribution in [0.5, 0.6) is 5.75 Å². The Balaban J connectivity index is 3.18. The van der Waals surface area contributed by atoms with Gasteiger partial charge >= 0.3 is 11.9 Å². The summed E-state index contributed by atoms with van der Waals surface area (Å²) in [5, 5.41) is 34.6. The highest BCUT2D eigenvalue weighted by Crippen LogP contribution is 2.12. The van der Waals surface area contributed by atoms with Crippen LogP contribution < -0.4 is 33.2 Å². The van der Waals surface area contributed by atoms with Crippen LogP contribution >= 0.6 is 0 Å². The van der Waals surface area contributed by atoms with Crippen LogP contribution in [-0.2, 0) is 40.0 Å². The minimum Gasteiger partial charge on any atom is -0.508 e. The lowest BCUT2D eigenvalue weighted by Gasteiger charge is -2.25. The van der Waals surface area contributed by atoms with Crippen molar-refractivity contribution in [1.29, 1.82) is 0 Å². The Morgan fingerprint density at radius 1 is 0.718 bits per heavy atom. The Morgan fingerprint density at radius 2 is 1.26 bits per heavy atom. The van der Waals surface area contributed by atoms with Crippen molar-refractivity contribution in [2.24, 2.45) is 17.2 Å². The number of phenolic OH excluding ortho intramolecular Hbond substituents is 1. The van der Waals surface area contributed by atoms with Gasteiger partial charge in [-0.25, -0.2) is 4.79 Å². The summed E-state index contributed by atoms with van der Waals surface area (Å²) in [6.07, 6.45) is -2.27. The monoisotopic (exact) mass is 552 g/mol. The summed E-state index contributed by atoms with van der Waals surface area (Å²) < 4.78 is 0. The van der Waals surface area contributed by atoms with E-state index in [4.69, 9.17) is 22.3 Å². The SMILES string of the molecule is NC(=O)CCC(N)C(=O)NC(CCC(=O)O)C(=O)NC(Cc1ccc(O)cc1)C(=O)NC(CC(N)=O)C(=O)O. The first kappa shape index (κ1) is 32.3. The lowest BCUT2D eigenvalue weighted by molar-refractivity contribution is -0.143. The van der Waals surface area contributed by atoms with E-state index in [9.17, 15) is 43.8 Å². The van der Waals surface area contributed by atoms with E-state index < -0.39 is 84.9 Å². The van der Waals surface area contributed by atoms with Crippen molar-refractivity contribution in [2.75, 3.05) is 0 Å². The number of hydrogen-bond donors (Lipinski definition) is 9. The molecule has 1 aromatic rings. The molecule has 4 atom stereocenters. The smallest absolute Gasteiger partial charge is 0.326 e. The summed E-state index contributed by atoms with van der Waals surface area (Å²) in [5.74, 6) is -7.54. The molecule has 1 aromatic carbocycles. The van der Waals surface area contributed by atoms with Crippen LogP contribution in [0.1, 0.15) is 37.7 Å². The molecule has 0 aliphatic carbocycles. The van der Waals surface area contributed by atoms with Gasteiger partial charge < -0.3 is 48.5 Å². The third kappa shape index (κ3) is 12.4. The Morgan fingerprint density at radius 3 is 1.77 bits per heavy atom. The largest absolute Gasteiger partial charge is 0.508 e. The van der Waals surface area contributed by atoms with Crippen LogP contribution in [0.15, 0.2) is 24.3 Å². The van der Waals surface area contributed by atoms with Gasteiger partial charge in [0.25, 0.3) is 0 Å².